The van der Waals surface area contributed by atoms with E-state index in [-0.39, 0.29) is 41.6 Å². The second-order valence-corrected chi connectivity index (χ2v) is 10.4. The molecule has 1 amide bonds. The molecule has 0 unspecified atom stereocenters. The van der Waals surface area contributed by atoms with E-state index in [1.165, 1.54) is 39.9 Å². The molecule has 2 aromatic carbocycles. The van der Waals surface area contributed by atoms with Crippen LogP contribution in [0.2, 0.25) is 0 Å². The van der Waals surface area contributed by atoms with Crippen molar-refractivity contribution in [3.8, 4) is 11.3 Å². The van der Waals surface area contributed by atoms with Crippen molar-refractivity contribution in [2.75, 3.05) is 18.4 Å². The van der Waals surface area contributed by atoms with Crippen LogP contribution in [0.4, 0.5) is 9.52 Å². The molecule has 3 aromatic rings. The number of benzene rings is 2. The quantitative estimate of drug-likeness (QED) is 0.603. The molecule has 0 radical (unpaired) electrons. The maximum absolute atomic E-state index is 13.1. The lowest BCUT2D eigenvalue weighted by Crippen LogP contribution is -2.48. The molecule has 4 rings (SSSR count). The van der Waals surface area contributed by atoms with Crippen molar-refractivity contribution >= 4 is 32.4 Å². The number of morpholine rings is 1. The van der Waals surface area contributed by atoms with Gasteiger partial charge in [-0.2, -0.15) is 4.31 Å². The molecule has 0 aliphatic carbocycles. The molecule has 1 aromatic heterocycles. The molecule has 1 fully saturated rings. The molecule has 168 valence electrons. The predicted octanol–water partition coefficient (Wildman–Crippen LogP) is 4.00. The fourth-order valence-corrected chi connectivity index (χ4v) is 5.88. The van der Waals surface area contributed by atoms with E-state index >= 15 is 0 Å². The second kappa shape index (κ2) is 9.07. The number of hydrogen-bond donors (Lipinski definition) is 1. The number of sulfonamides is 1. The van der Waals surface area contributed by atoms with Crippen LogP contribution in [0.5, 0.6) is 0 Å². The second-order valence-electron chi connectivity index (χ2n) is 7.61. The van der Waals surface area contributed by atoms with Gasteiger partial charge in [0.05, 0.1) is 22.8 Å². The lowest BCUT2D eigenvalue weighted by atomic mass is 10.2. The van der Waals surface area contributed by atoms with Gasteiger partial charge in [-0.25, -0.2) is 17.8 Å². The highest BCUT2D eigenvalue weighted by Crippen LogP contribution is 2.26. The van der Waals surface area contributed by atoms with E-state index in [0.717, 1.165) is 5.56 Å². The maximum Gasteiger partial charge on any atom is 0.257 e. The monoisotopic (exact) mass is 475 g/mol. The van der Waals surface area contributed by atoms with Gasteiger partial charge in [0.1, 0.15) is 5.82 Å². The van der Waals surface area contributed by atoms with E-state index in [0.29, 0.717) is 10.8 Å². The number of nitrogens with zero attached hydrogens (tertiary/aromatic N) is 2. The van der Waals surface area contributed by atoms with Crippen LogP contribution in [0, 0.1) is 5.82 Å². The molecular weight excluding hydrogens is 453 g/mol. The first-order valence-corrected chi connectivity index (χ1v) is 12.3. The summed E-state index contributed by atoms with van der Waals surface area (Å²) in [5, 5.41) is 4.81. The van der Waals surface area contributed by atoms with E-state index in [2.05, 4.69) is 10.3 Å². The first kappa shape index (κ1) is 22.5. The number of carbonyl (C=O) groups excluding carboxylic acids is 1. The van der Waals surface area contributed by atoms with Crippen molar-refractivity contribution in [1.82, 2.24) is 9.29 Å². The van der Waals surface area contributed by atoms with Gasteiger partial charge < -0.3 is 4.74 Å². The summed E-state index contributed by atoms with van der Waals surface area (Å²) < 4.78 is 46.3. The molecule has 10 heteroatoms. The molecular formula is C22H22FN3O4S2. The molecule has 7 nitrogen and oxygen atoms in total. The van der Waals surface area contributed by atoms with Crippen LogP contribution in [-0.4, -0.2) is 48.9 Å². The van der Waals surface area contributed by atoms with Crippen LogP contribution in [0.3, 0.4) is 0 Å². The van der Waals surface area contributed by atoms with Gasteiger partial charge in [0.2, 0.25) is 10.0 Å². The molecule has 0 bridgehead atoms. The van der Waals surface area contributed by atoms with Crippen molar-refractivity contribution in [2.45, 2.75) is 31.0 Å². The Bertz CT molecular complexity index is 1220. The lowest BCUT2D eigenvalue weighted by Gasteiger charge is -2.34. The summed E-state index contributed by atoms with van der Waals surface area (Å²) in [7, 11) is -3.76. The number of amides is 1. The van der Waals surface area contributed by atoms with Crippen molar-refractivity contribution < 1.29 is 22.3 Å². The third-order valence-corrected chi connectivity index (χ3v) is 7.57. The van der Waals surface area contributed by atoms with Crippen molar-refractivity contribution in [1.29, 1.82) is 0 Å². The molecule has 0 spiro atoms. The fraction of sp³-hybridized carbons (Fsp3) is 0.273. The zero-order valence-electron chi connectivity index (χ0n) is 17.5. The lowest BCUT2D eigenvalue weighted by molar-refractivity contribution is -0.0440. The smallest absolute Gasteiger partial charge is 0.257 e. The van der Waals surface area contributed by atoms with Gasteiger partial charge in [0, 0.05) is 29.6 Å². The van der Waals surface area contributed by atoms with Crippen LogP contribution >= 0.6 is 11.3 Å². The van der Waals surface area contributed by atoms with Gasteiger partial charge in [-0.15, -0.1) is 11.3 Å². The van der Waals surface area contributed by atoms with Gasteiger partial charge in [-0.05, 0) is 56.3 Å². The van der Waals surface area contributed by atoms with Gasteiger partial charge in [-0.3, -0.25) is 10.1 Å². The molecule has 1 aliphatic heterocycles. The molecule has 32 heavy (non-hydrogen) atoms. The van der Waals surface area contributed by atoms with Gasteiger partial charge >= 0.3 is 0 Å². The number of nitrogens with one attached hydrogen (secondary N) is 1. The normalized spacial score (nSPS) is 19.6. The molecule has 2 heterocycles. The Balaban J connectivity index is 1.51. The highest BCUT2D eigenvalue weighted by Gasteiger charge is 2.32. The zero-order chi connectivity index (χ0) is 22.9. The Morgan fingerprint density at radius 3 is 2.53 bits per heavy atom. The number of ether oxygens (including phenoxy) is 1. The number of carbonyl (C=O) groups is 1. The molecule has 0 saturated carbocycles. The van der Waals surface area contributed by atoms with Crippen molar-refractivity contribution in [3.63, 3.8) is 0 Å². The third kappa shape index (κ3) is 4.88. The zero-order valence-corrected chi connectivity index (χ0v) is 19.1. The van der Waals surface area contributed by atoms with E-state index in [4.69, 9.17) is 4.74 Å². The summed E-state index contributed by atoms with van der Waals surface area (Å²) in [5.74, 6) is -0.806. The van der Waals surface area contributed by atoms with E-state index in [9.17, 15) is 17.6 Å². The number of anilines is 1. The number of rotatable bonds is 5. The minimum Gasteiger partial charge on any atom is -0.373 e. The van der Waals surface area contributed by atoms with E-state index < -0.39 is 15.9 Å². The summed E-state index contributed by atoms with van der Waals surface area (Å²) in [6.07, 6.45) is -0.416. The summed E-state index contributed by atoms with van der Waals surface area (Å²) in [5.41, 5.74) is 1.54. The Morgan fingerprint density at radius 2 is 1.84 bits per heavy atom. The topological polar surface area (TPSA) is 88.6 Å². The third-order valence-electron chi connectivity index (χ3n) is 4.98. The predicted molar refractivity (Wildman–Crippen MR) is 121 cm³/mol. The maximum atomic E-state index is 13.1. The Hall–Kier alpha value is -2.66. The average molecular weight is 476 g/mol. The van der Waals surface area contributed by atoms with Crippen LogP contribution in [0.25, 0.3) is 11.3 Å². The van der Waals surface area contributed by atoms with E-state index in [1.807, 2.05) is 13.8 Å². The number of aromatic nitrogens is 1. The fourth-order valence-electron chi connectivity index (χ4n) is 3.53. The molecule has 1 saturated heterocycles. The van der Waals surface area contributed by atoms with E-state index in [1.54, 1.807) is 29.6 Å². The number of halogens is 1. The number of hydrogen-bond acceptors (Lipinski definition) is 6. The highest BCUT2D eigenvalue weighted by molar-refractivity contribution is 7.89. The molecule has 2 atom stereocenters. The Kier molecular flexibility index (Phi) is 6.38. The average Bonchev–Trinajstić information content (AvgIpc) is 3.22. The van der Waals surface area contributed by atoms with Crippen molar-refractivity contribution in [3.05, 3.63) is 65.3 Å². The first-order chi connectivity index (χ1) is 15.2. The molecule has 1 N–H and O–H groups in total. The first-order valence-electron chi connectivity index (χ1n) is 10.0. The Labute approximate surface area is 189 Å². The van der Waals surface area contributed by atoms with Crippen molar-refractivity contribution in [2.24, 2.45) is 0 Å². The standard InChI is InChI=1S/C22H22FN3O4S2/c1-14-11-26(12-15(2)30-14)32(28,29)19-5-3-4-17(10-19)21(27)25-22-24-20(13-31-22)16-6-8-18(23)9-7-16/h3-10,13-15H,11-12H2,1-2H3,(H,24,25,27)/t14-,15-/m0/s1. The molecule has 1 aliphatic rings. The minimum absolute atomic E-state index is 0.0533. The van der Waals surface area contributed by atoms with Gasteiger partial charge in [0.15, 0.2) is 5.13 Å². The van der Waals surface area contributed by atoms with Crippen LogP contribution in [0.1, 0.15) is 24.2 Å². The van der Waals surface area contributed by atoms with Gasteiger partial charge in [0.25, 0.3) is 5.91 Å². The minimum atomic E-state index is -3.76. The SMILES string of the molecule is C[C@H]1CN(S(=O)(=O)c2cccc(C(=O)Nc3nc(-c4ccc(F)cc4)cs3)c2)C[C@H](C)O1. The number of thiazole rings is 1. The van der Waals surface area contributed by atoms with Crippen LogP contribution < -0.4 is 5.32 Å². The summed E-state index contributed by atoms with van der Waals surface area (Å²) in [4.78, 5) is 17.2. The Morgan fingerprint density at radius 1 is 1.16 bits per heavy atom. The largest absolute Gasteiger partial charge is 0.373 e. The highest BCUT2D eigenvalue weighted by atomic mass is 32.2. The summed E-state index contributed by atoms with van der Waals surface area (Å²) >= 11 is 1.23. The van der Waals surface area contributed by atoms with Crippen LogP contribution in [-0.2, 0) is 14.8 Å². The van der Waals surface area contributed by atoms with Crippen LogP contribution in [0.15, 0.2) is 58.8 Å². The van der Waals surface area contributed by atoms with Gasteiger partial charge in [-0.1, -0.05) is 6.07 Å². The summed E-state index contributed by atoms with van der Waals surface area (Å²) in [6.45, 7) is 4.18. The summed E-state index contributed by atoms with van der Waals surface area (Å²) in [6, 6.07) is 11.8.